The van der Waals surface area contributed by atoms with Gasteiger partial charge in [0.25, 0.3) is 0 Å². The minimum absolute atomic E-state index is 0. The lowest BCUT2D eigenvalue weighted by Crippen LogP contribution is -2.41. The van der Waals surface area contributed by atoms with Gasteiger partial charge in [0.15, 0.2) is 17.0 Å². The molecule has 0 aromatic heterocycles. The summed E-state index contributed by atoms with van der Waals surface area (Å²) in [5.41, 5.74) is 21.0. The van der Waals surface area contributed by atoms with Gasteiger partial charge in [0.05, 0.1) is 20.1 Å². The van der Waals surface area contributed by atoms with E-state index in [9.17, 15) is 29.3 Å². The van der Waals surface area contributed by atoms with Crippen LogP contribution in [-0.2, 0) is 23.9 Å². The summed E-state index contributed by atoms with van der Waals surface area (Å²) in [5, 5.41) is 34.5. The van der Waals surface area contributed by atoms with Gasteiger partial charge >= 0.3 is 17.9 Å². The molecule has 0 aromatic rings. The molecule has 0 aliphatic heterocycles. The van der Waals surface area contributed by atoms with Crippen LogP contribution in [0.3, 0.4) is 0 Å². The molecule has 2 unspecified atom stereocenters. The average molecular weight is 477 g/mol. The van der Waals surface area contributed by atoms with Crippen LogP contribution in [0.4, 0.5) is 0 Å². The normalized spacial score (nSPS) is 10.7. The Bertz CT molecular complexity index is 593. The lowest BCUT2D eigenvalue weighted by atomic mass is 10.1. The van der Waals surface area contributed by atoms with Crippen molar-refractivity contribution in [3.63, 3.8) is 0 Å². The van der Waals surface area contributed by atoms with E-state index in [0.717, 1.165) is 7.11 Å². The molecule has 0 spiro atoms. The van der Waals surface area contributed by atoms with Crippen LogP contribution in [0.5, 0.6) is 0 Å². The standard InChI is InChI=1S/C7H15N5O4.C4H8N2O3.C2H5NO2.ClH/c1-16-6(13)5(11-12(14)15)3-2-4-10-7(8)9;5-2(4(8)9)1-3(6)7;3-1-2(4)5;/h5,11H,2-4H2,1H3,(H4,8,9,10);2H,1,5H2,(H2,6,7)(H,8,9);1,3H2,(H,4,5);1H. The van der Waals surface area contributed by atoms with E-state index in [1.165, 1.54) is 0 Å². The summed E-state index contributed by atoms with van der Waals surface area (Å²) in [5.74, 6) is -3.76. The summed E-state index contributed by atoms with van der Waals surface area (Å²) in [6.07, 6.45) is 0.351. The van der Waals surface area contributed by atoms with Gasteiger partial charge in [-0.1, -0.05) is 0 Å². The lowest BCUT2D eigenvalue weighted by molar-refractivity contribution is -0.549. The number of halogens is 1. The number of aliphatic carboxylic acids is 2. The largest absolute Gasteiger partial charge is 0.480 e. The first kappa shape index (κ1) is 35.0. The van der Waals surface area contributed by atoms with Crippen LogP contribution in [0.15, 0.2) is 0 Å². The second-order valence-corrected chi connectivity index (χ2v) is 5.16. The third kappa shape index (κ3) is 28.9. The third-order valence-corrected chi connectivity index (χ3v) is 2.64. The number of nitrogens with two attached hydrogens (primary N) is 4. The van der Waals surface area contributed by atoms with Gasteiger partial charge in [-0.15, -0.1) is 17.8 Å². The van der Waals surface area contributed by atoms with E-state index in [1.54, 1.807) is 0 Å². The van der Waals surface area contributed by atoms with Gasteiger partial charge in [-0.2, -0.15) is 0 Å². The first-order valence-electron chi connectivity index (χ1n) is 8.03. The van der Waals surface area contributed by atoms with Crippen molar-refractivity contribution in [2.24, 2.45) is 22.9 Å². The van der Waals surface area contributed by atoms with Gasteiger partial charge < -0.3 is 43.2 Å². The number of carbonyl (C=O) groups is 4. The van der Waals surface area contributed by atoms with Crippen LogP contribution in [0.1, 0.15) is 19.3 Å². The predicted octanol–water partition coefficient (Wildman–Crippen LogP) is -3.70. The highest BCUT2D eigenvalue weighted by Crippen LogP contribution is 1.98. The van der Waals surface area contributed by atoms with E-state index in [1.807, 2.05) is 5.43 Å². The minimum atomic E-state index is -1.21. The second-order valence-electron chi connectivity index (χ2n) is 5.16. The number of esters is 1. The molecule has 1 amide bonds. The zero-order valence-electron chi connectivity index (χ0n) is 16.6. The van der Waals surface area contributed by atoms with Crippen LogP contribution in [-0.4, -0.2) is 77.3 Å². The lowest BCUT2D eigenvalue weighted by Gasteiger charge is -2.11. The van der Waals surface area contributed by atoms with Crippen molar-refractivity contribution in [3.05, 3.63) is 10.1 Å². The summed E-state index contributed by atoms with van der Waals surface area (Å²) in [6.45, 7) is 0.0855. The van der Waals surface area contributed by atoms with Gasteiger partial charge in [-0.3, -0.25) is 19.8 Å². The number of hydrazine groups is 1. The molecule has 0 radical (unpaired) electrons. The Hall–Kier alpha value is -3.44. The molecule has 0 saturated carbocycles. The Morgan fingerprint density at radius 1 is 1.23 bits per heavy atom. The maximum Gasteiger partial charge on any atom is 0.334 e. The quantitative estimate of drug-likeness (QED) is 0.0346. The van der Waals surface area contributed by atoms with E-state index in [2.05, 4.69) is 21.5 Å². The number of carboxylic acid groups (broad SMARTS) is 2. The van der Waals surface area contributed by atoms with Crippen molar-refractivity contribution in [1.82, 2.24) is 10.7 Å². The number of primary amides is 1. The maximum absolute atomic E-state index is 11.1. The van der Waals surface area contributed by atoms with Crippen LogP contribution < -0.4 is 33.7 Å². The third-order valence-electron chi connectivity index (χ3n) is 2.64. The number of methoxy groups -OCH3 is 1. The van der Waals surface area contributed by atoms with Gasteiger partial charge in [0.1, 0.15) is 6.04 Å². The maximum atomic E-state index is 11.1. The Morgan fingerprint density at radius 2 is 1.71 bits per heavy atom. The first-order valence-corrected chi connectivity index (χ1v) is 8.03. The number of guanidine groups is 1. The summed E-state index contributed by atoms with van der Waals surface area (Å²) in [6, 6.07) is -2.16. The van der Waals surface area contributed by atoms with E-state index < -0.39 is 40.9 Å². The van der Waals surface area contributed by atoms with Crippen LogP contribution in [0.25, 0.3) is 0 Å². The highest BCUT2D eigenvalue weighted by Gasteiger charge is 2.22. The highest BCUT2D eigenvalue weighted by atomic mass is 35.5. The smallest absolute Gasteiger partial charge is 0.334 e. The fourth-order valence-corrected chi connectivity index (χ4v) is 1.34. The topological polar surface area (TPSA) is 313 Å². The van der Waals surface area contributed by atoms with Crippen molar-refractivity contribution in [1.29, 1.82) is 5.41 Å². The molecule has 18 heteroatoms. The molecular weight excluding hydrogens is 448 g/mol. The zero-order chi connectivity index (χ0) is 24.3. The molecule has 0 aromatic carbocycles. The molecule has 0 heterocycles. The molecule has 17 nitrogen and oxygen atoms in total. The van der Waals surface area contributed by atoms with Gasteiger partial charge in [-0.05, 0) is 12.8 Å². The van der Waals surface area contributed by atoms with Crippen molar-refractivity contribution in [2.75, 3.05) is 20.2 Å². The summed E-state index contributed by atoms with van der Waals surface area (Å²) >= 11 is 0. The predicted molar refractivity (Wildman–Crippen MR) is 108 cm³/mol. The molecule has 13 N–H and O–H groups in total. The molecule has 31 heavy (non-hydrogen) atoms. The zero-order valence-corrected chi connectivity index (χ0v) is 17.4. The van der Waals surface area contributed by atoms with Gasteiger partial charge in [0, 0.05) is 6.54 Å². The van der Waals surface area contributed by atoms with E-state index in [-0.39, 0.29) is 37.8 Å². The number of nitro groups is 1. The number of carbonyl (C=O) groups excluding carboxylic acids is 2. The Labute approximate surface area is 182 Å². The van der Waals surface area contributed by atoms with E-state index in [4.69, 9.17) is 27.1 Å². The molecular formula is C13H29ClN8O9. The number of nitrogens with zero attached hydrogens (tertiary/aromatic N) is 1. The summed E-state index contributed by atoms with van der Waals surface area (Å²) in [4.78, 5) is 50.4. The molecule has 0 saturated heterocycles. The fourth-order valence-electron chi connectivity index (χ4n) is 1.34. The number of amides is 1. The Balaban J connectivity index is -0.000000205. The van der Waals surface area contributed by atoms with Crippen LogP contribution in [0, 0.1) is 15.5 Å². The second kappa shape index (κ2) is 21.3. The number of hydrogen-bond acceptors (Lipinski definition) is 10. The fraction of sp³-hybridized carbons (Fsp3) is 0.615. The molecule has 182 valence electrons. The van der Waals surface area contributed by atoms with Crippen molar-refractivity contribution in [2.45, 2.75) is 31.3 Å². The molecule has 0 aliphatic rings. The number of nitrogens with one attached hydrogen (secondary N) is 3. The minimum Gasteiger partial charge on any atom is -0.480 e. The number of carboxylic acids is 2. The first-order chi connectivity index (χ1) is 13.8. The average Bonchev–Trinajstić information content (AvgIpc) is 2.63. The van der Waals surface area contributed by atoms with Crippen LogP contribution >= 0.6 is 12.4 Å². The van der Waals surface area contributed by atoms with Gasteiger partial charge in [-0.25, -0.2) is 14.9 Å². The summed E-state index contributed by atoms with van der Waals surface area (Å²) < 4.78 is 4.40. The van der Waals surface area contributed by atoms with E-state index in [0.29, 0.717) is 13.0 Å². The van der Waals surface area contributed by atoms with Gasteiger partial charge in [0.2, 0.25) is 5.91 Å². The number of rotatable bonds is 11. The molecule has 0 fully saturated rings. The molecule has 0 bridgehead atoms. The summed E-state index contributed by atoms with van der Waals surface area (Å²) in [7, 11) is 1.16. The monoisotopic (exact) mass is 476 g/mol. The number of hydrogen-bond donors (Lipinski definition) is 9. The highest BCUT2D eigenvalue weighted by molar-refractivity contribution is 5.85. The molecule has 2 atom stereocenters. The van der Waals surface area contributed by atoms with Crippen molar-refractivity contribution in [3.8, 4) is 0 Å². The van der Waals surface area contributed by atoms with E-state index >= 15 is 0 Å². The van der Waals surface area contributed by atoms with Crippen molar-refractivity contribution >= 4 is 42.2 Å². The Kier molecular flexibility index (Phi) is 24.0. The molecule has 0 rings (SSSR count). The Morgan fingerprint density at radius 3 is 1.97 bits per heavy atom. The number of ether oxygens (including phenoxy) is 1. The molecule has 0 aliphatic carbocycles. The van der Waals surface area contributed by atoms with Crippen molar-refractivity contribution < 1.29 is 39.2 Å². The SMILES string of the molecule is COC(=O)C(CCCNC(=N)N)N[N+](=O)[O-].Cl.NC(=O)CC(N)C(=O)O.NCC(=O)O. The van der Waals surface area contributed by atoms with Crippen LogP contribution in [0.2, 0.25) is 0 Å².